The zero-order chi connectivity index (χ0) is 12.3. The first-order valence-electron chi connectivity index (χ1n) is 5.28. The van der Waals surface area contributed by atoms with E-state index in [1.54, 1.807) is 18.2 Å². The largest absolute Gasteiger partial charge is 0.294 e. The Kier molecular flexibility index (Phi) is 4.40. The molecule has 16 heavy (non-hydrogen) atoms. The van der Waals surface area contributed by atoms with Crippen LogP contribution >= 0.6 is 23.2 Å². The summed E-state index contributed by atoms with van der Waals surface area (Å²) in [5.74, 6) is 0.119. The molecule has 1 rings (SSSR count). The molecule has 0 amide bonds. The fourth-order valence-corrected chi connectivity index (χ4v) is 1.60. The van der Waals surface area contributed by atoms with Crippen LogP contribution in [0.5, 0.6) is 0 Å². The predicted molar refractivity (Wildman–Crippen MR) is 69.5 cm³/mol. The van der Waals surface area contributed by atoms with Gasteiger partial charge in [-0.1, -0.05) is 44.0 Å². The molecular weight excluding hydrogens is 243 g/mol. The van der Waals surface area contributed by atoms with E-state index in [9.17, 15) is 4.79 Å². The van der Waals surface area contributed by atoms with Crippen LogP contribution in [0.1, 0.15) is 44.0 Å². The topological polar surface area (TPSA) is 17.1 Å². The van der Waals surface area contributed by atoms with Crippen molar-refractivity contribution in [2.45, 2.75) is 33.6 Å². The Hall–Kier alpha value is -0.530. The van der Waals surface area contributed by atoms with Crippen LogP contribution in [-0.2, 0) is 0 Å². The summed E-state index contributed by atoms with van der Waals surface area (Å²) >= 11 is 11.7. The van der Waals surface area contributed by atoms with Gasteiger partial charge in [-0.3, -0.25) is 4.79 Å². The van der Waals surface area contributed by atoms with Crippen LogP contribution < -0.4 is 0 Å². The standard InChI is InChI=1S/C13H16Cl2O/c1-13(2,3)7-6-12(16)9-4-5-10(14)11(15)8-9/h4-5,8H,6-7H2,1-3H3. The average molecular weight is 259 g/mol. The van der Waals surface area contributed by atoms with Crippen molar-refractivity contribution < 1.29 is 4.79 Å². The summed E-state index contributed by atoms with van der Waals surface area (Å²) in [6, 6.07) is 5.02. The quantitative estimate of drug-likeness (QED) is 0.698. The van der Waals surface area contributed by atoms with Crippen LogP contribution in [0.4, 0.5) is 0 Å². The smallest absolute Gasteiger partial charge is 0.162 e. The number of carbonyl (C=O) groups is 1. The van der Waals surface area contributed by atoms with Crippen LogP contribution in [0.3, 0.4) is 0 Å². The van der Waals surface area contributed by atoms with Crippen LogP contribution in [0.15, 0.2) is 18.2 Å². The fourth-order valence-electron chi connectivity index (χ4n) is 1.30. The van der Waals surface area contributed by atoms with Crippen molar-refractivity contribution in [3.05, 3.63) is 33.8 Å². The van der Waals surface area contributed by atoms with E-state index in [1.807, 2.05) is 0 Å². The molecule has 0 aliphatic heterocycles. The van der Waals surface area contributed by atoms with Gasteiger partial charge in [0.2, 0.25) is 0 Å². The second-order valence-corrected chi connectivity index (χ2v) is 5.93. The minimum Gasteiger partial charge on any atom is -0.294 e. The van der Waals surface area contributed by atoms with E-state index in [0.29, 0.717) is 22.0 Å². The maximum atomic E-state index is 11.9. The summed E-state index contributed by atoms with van der Waals surface area (Å²) in [7, 11) is 0. The lowest BCUT2D eigenvalue weighted by Crippen LogP contribution is -2.09. The zero-order valence-electron chi connectivity index (χ0n) is 9.81. The lowest BCUT2D eigenvalue weighted by molar-refractivity contribution is 0.0966. The van der Waals surface area contributed by atoms with Crippen LogP contribution in [0, 0.1) is 5.41 Å². The molecule has 1 aromatic carbocycles. The summed E-state index contributed by atoms with van der Waals surface area (Å²) < 4.78 is 0. The number of rotatable bonds is 3. The van der Waals surface area contributed by atoms with Gasteiger partial charge in [-0.05, 0) is 30.0 Å². The molecule has 0 aliphatic rings. The number of hydrogen-bond acceptors (Lipinski definition) is 1. The number of ketones is 1. The summed E-state index contributed by atoms with van der Waals surface area (Å²) in [6.45, 7) is 6.36. The molecule has 0 fully saturated rings. The first-order valence-corrected chi connectivity index (χ1v) is 6.03. The number of Topliss-reactive ketones (excluding diaryl/α,β-unsaturated/α-hetero) is 1. The van der Waals surface area contributed by atoms with Crippen LogP contribution in [-0.4, -0.2) is 5.78 Å². The molecule has 1 nitrogen and oxygen atoms in total. The Balaban J connectivity index is 2.70. The van der Waals surface area contributed by atoms with E-state index in [4.69, 9.17) is 23.2 Å². The Bertz CT molecular complexity index is 391. The molecule has 0 aromatic heterocycles. The third-order valence-electron chi connectivity index (χ3n) is 2.34. The molecule has 0 saturated carbocycles. The molecule has 0 aliphatic carbocycles. The number of hydrogen-bond donors (Lipinski definition) is 0. The first-order chi connectivity index (χ1) is 7.29. The van der Waals surface area contributed by atoms with Gasteiger partial charge < -0.3 is 0 Å². The molecule has 0 radical (unpaired) electrons. The van der Waals surface area contributed by atoms with E-state index in [2.05, 4.69) is 20.8 Å². The fraction of sp³-hybridized carbons (Fsp3) is 0.462. The van der Waals surface area contributed by atoms with Gasteiger partial charge in [0, 0.05) is 12.0 Å². The highest BCUT2D eigenvalue weighted by Gasteiger charge is 2.14. The van der Waals surface area contributed by atoms with Crippen molar-refractivity contribution in [1.29, 1.82) is 0 Å². The summed E-state index contributed by atoms with van der Waals surface area (Å²) in [5.41, 5.74) is 0.810. The van der Waals surface area contributed by atoms with Gasteiger partial charge in [0.15, 0.2) is 5.78 Å². The van der Waals surface area contributed by atoms with E-state index in [-0.39, 0.29) is 11.2 Å². The molecule has 0 unspecified atom stereocenters. The lowest BCUT2D eigenvalue weighted by atomic mass is 9.88. The molecule has 1 aromatic rings. The van der Waals surface area contributed by atoms with E-state index < -0.39 is 0 Å². The summed E-state index contributed by atoms with van der Waals surface area (Å²) in [6.07, 6.45) is 1.41. The van der Waals surface area contributed by atoms with E-state index in [1.165, 1.54) is 0 Å². The average Bonchev–Trinajstić information content (AvgIpc) is 2.17. The van der Waals surface area contributed by atoms with Crippen molar-refractivity contribution in [2.75, 3.05) is 0 Å². The molecule has 0 saturated heterocycles. The number of carbonyl (C=O) groups excluding carboxylic acids is 1. The molecule has 0 N–H and O–H groups in total. The number of halogens is 2. The molecular formula is C13H16Cl2O. The van der Waals surface area contributed by atoms with Gasteiger partial charge in [-0.25, -0.2) is 0 Å². The molecule has 0 atom stereocenters. The predicted octanol–water partition coefficient (Wildman–Crippen LogP) is 5.00. The highest BCUT2D eigenvalue weighted by Crippen LogP contribution is 2.25. The Labute approximate surface area is 107 Å². The molecule has 0 spiro atoms. The van der Waals surface area contributed by atoms with E-state index in [0.717, 1.165) is 6.42 Å². The van der Waals surface area contributed by atoms with Crippen LogP contribution in [0.2, 0.25) is 10.0 Å². The summed E-state index contributed by atoms with van der Waals surface area (Å²) in [5, 5.41) is 0.914. The lowest BCUT2D eigenvalue weighted by Gasteiger charge is -2.17. The first kappa shape index (κ1) is 13.5. The zero-order valence-corrected chi connectivity index (χ0v) is 11.3. The Morgan fingerprint density at radius 3 is 2.31 bits per heavy atom. The molecule has 88 valence electrons. The third-order valence-corrected chi connectivity index (χ3v) is 3.08. The summed E-state index contributed by atoms with van der Waals surface area (Å²) in [4.78, 5) is 11.9. The van der Waals surface area contributed by atoms with Gasteiger partial charge >= 0.3 is 0 Å². The van der Waals surface area contributed by atoms with Gasteiger partial charge in [0.25, 0.3) is 0 Å². The van der Waals surface area contributed by atoms with Crippen molar-refractivity contribution in [2.24, 2.45) is 5.41 Å². The van der Waals surface area contributed by atoms with Crippen molar-refractivity contribution in [3.63, 3.8) is 0 Å². The van der Waals surface area contributed by atoms with Gasteiger partial charge in [0.1, 0.15) is 0 Å². The minimum absolute atomic E-state index is 0.119. The normalized spacial score (nSPS) is 11.6. The second-order valence-electron chi connectivity index (χ2n) is 5.11. The molecule has 0 bridgehead atoms. The maximum absolute atomic E-state index is 11.9. The maximum Gasteiger partial charge on any atom is 0.162 e. The third kappa shape index (κ3) is 4.15. The van der Waals surface area contributed by atoms with Crippen LogP contribution in [0.25, 0.3) is 0 Å². The van der Waals surface area contributed by atoms with Gasteiger partial charge in [0.05, 0.1) is 10.0 Å². The molecule has 3 heteroatoms. The Morgan fingerprint density at radius 2 is 1.81 bits per heavy atom. The highest BCUT2D eigenvalue weighted by atomic mass is 35.5. The highest BCUT2D eigenvalue weighted by molar-refractivity contribution is 6.42. The van der Waals surface area contributed by atoms with E-state index >= 15 is 0 Å². The SMILES string of the molecule is CC(C)(C)CCC(=O)c1ccc(Cl)c(Cl)c1. The Morgan fingerprint density at radius 1 is 1.19 bits per heavy atom. The number of benzene rings is 1. The van der Waals surface area contributed by atoms with Crippen molar-refractivity contribution in [3.8, 4) is 0 Å². The monoisotopic (exact) mass is 258 g/mol. The van der Waals surface area contributed by atoms with Gasteiger partial charge in [-0.15, -0.1) is 0 Å². The van der Waals surface area contributed by atoms with Gasteiger partial charge in [-0.2, -0.15) is 0 Å². The van der Waals surface area contributed by atoms with Crippen molar-refractivity contribution >= 4 is 29.0 Å². The molecule has 0 heterocycles. The second kappa shape index (κ2) is 5.20. The van der Waals surface area contributed by atoms with Crippen molar-refractivity contribution in [1.82, 2.24) is 0 Å². The minimum atomic E-state index is 0.119.